The quantitative estimate of drug-likeness (QED) is 0.791. The zero-order valence-corrected chi connectivity index (χ0v) is 13.8. The molecule has 0 unspecified atom stereocenters. The minimum Gasteiger partial charge on any atom is -0.481 e. The number of aliphatic carboxylic acids is 1. The predicted molar refractivity (Wildman–Crippen MR) is 93.4 cm³/mol. The van der Waals surface area contributed by atoms with Crippen LogP contribution in [0.1, 0.15) is 31.7 Å². The molecule has 6 heteroatoms. The van der Waals surface area contributed by atoms with E-state index in [1.54, 1.807) is 12.4 Å². The summed E-state index contributed by atoms with van der Waals surface area (Å²) in [6, 6.07) is 12.2. The molecule has 1 aliphatic carbocycles. The molecule has 25 heavy (non-hydrogen) atoms. The molecule has 0 saturated heterocycles. The summed E-state index contributed by atoms with van der Waals surface area (Å²) >= 11 is 0. The van der Waals surface area contributed by atoms with Crippen molar-refractivity contribution in [2.24, 2.45) is 5.92 Å². The van der Waals surface area contributed by atoms with Gasteiger partial charge in [0.15, 0.2) is 5.82 Å². The van der Waals surface area contributed by atoms with Crippen LogP contribution in [-0.4, -0.2) is 30.4 Å². The molecular formula is C19H20N4O2. The molecule has 1 aliphatic rings. The molecule has 2 aromatic heterocycles. The van der Waals surface area contributed by atoms with Crippen LogP contribution in [0, 0.1) is 5.92 Å². The second kappa shape index (κ2) is 6.55. The van der Waals surface area contributed by atoms with Gasteiger partial charge in [-0.3, -0.25) is 4.79 Å². The monoisotopic (exact) mass is 336 g/mol. The van der Waals surface area contributed by atoms with Crippen LogP contribution in [0.4, 0.5) is 0 Å². The van der Waals surface area contributed by atoms with Crippen LogP contribution in [0.3, 0.4) is 0 Å². The smallest absolute Gasteiger partial charge is 0.306 e. The number of rotatable bonds is 4. The average molecular weight is 336 g/mol. The Morgan fingerprint density at radius 2 is 1.80 bits per heavy atom. The summed E-state index contributed by atoms with van der Waals surface area (Å²) in [6.45, 7) is 0. The first-order chi connectivity index (χ1) is 12.2. The lowest BCUT2D eigenvalue weighted by atomic mass is 9.86. The van der Waals surface area contributed by atoms with Crippen LogP contribution in [0.25, 0.3) is 17.2 Å². The summed E-state index contributed by atoms with van der Waals surface area (Å²) in [6.07, 6.45) is 8.73. The second-order valence-corrected chi connectivity index (χ2v) is 6.47. The Balaban J connectivity index is 1.64. The molecule has 1 N–H and O–H groups in total. The van der Waals surface area contributed by atoms with Crippen LogP contribution < -0.4 is 0 Å². The number of hydrogen-bond acceptors (Lipinski definition) is 3. The SMILES string of the molecule is O=C(O)C1CCC(n2ccnc2-c2ccnn2-c2ccccc2)CC1. The van der Waals surface area contributed by atoms with Crippen molar-refractivity contribution in [3.05, 3.63) is 55.0 Å². The van der Waals surface area contributed by atoms with Crippen molar-refractivity contribution < 1.29 is 9.90 Å². The lowest BCUT2D eigenvalue weighted by Gasteiger charge is -2.28. The van der Waals surface area contributed by atoms with Crippen molar-refractivity contribution >= 4 is 5.97 Å². The van der Waals surface area contributed by atoms with Crippen molar-refractivity contribution in [2.75, 3.05) is 0 Å². The highest BCUT2D eigenvalue weighted by atomic mass is 16.4. The maximum absolute atomic E-state index is 11.2. The number of para-hydroxylation sites is 1. The summed E-state index contributed by atoms with van der Waals surface area (Å²) in [5.74, 6) is -0.00958. The Labute approximate surface area is 145 Å². The zero-order chi connectivity index (χ0) is 17.2. The molecule has 1 aromatic carbocycles. The minimum absolute atomic E-state index is 0.210. The molecule has 0 aliphatic heterocycles. The zero-order valence-electron chi connectivity index (χ0n) is 13.8. The number of carboxylic acids is 1. The number of carboxylic acid groups (broad SMARTS) is 1. The van der Waals surface area contributed by atoms with E-state index in [0.29, 0.717) is 0 Å². The molecule has 1 fully saturated rings. The van der Waals surface area contributed by atoms with Gasteiger partial charge in [-0.15, -0.1) is 0 Å². The third-order valence-corrected chi connectivity index (χ3v) is 4.98. The molecule has 2 heterocycles. The van der Waals surface area contributed by atoms with E-state index in [2.05, 4.69) is 14.6 Å². The van der Waals surface area contributed by atoms with Crippen molar-refractivity contribution in [3.8, 4) is 17.2 Å². The van der Waals surface area contributed by atoms with Crippen molar-refractivity contribution in [1.29, 1.82) is 0 Å². The molecule has 6 nitrogen and oxygen atoms in total. The van der Waals surface area contributed by atoms with E-state index in [-0.39, 0.29) is 12.0 Å². The fourth-order valence-corrected chi connectivity index (χ4v) is 3.65. The Bertz CT molecular complexity index is 860. The van der Waals surface area contributed by atoms with E-state index in [4.69, 9.17) is 0 Å². The lowest BCUT2D eigenvalue weighted by molar-refractivity contribution is -0.143. The summed E-state index contributed by atoms with van der Waals surface area (Å²) in [5, 5.41) is 13.6. The fraction of sp³-hybridized carbons (Fsp3) is 0.316. The summed E-state index contributed by atoms with van der Waals surface area (Å²) in [4.78, 5) is 15.7. The van der Waals surface area contributed by atoms with Crippen LogP contribution in [0.15, 0.2) is 55.0 Å². The van der Waals surface area contributed by atoms with Crippen LogP contribution in [0.5, 0.6) is 0 Å². The van der Waals surface area contributed by atoms with Gasteiger partial charge in [-0.25, -0.2) is 9.67 Å². The Morgan fingerprint density at radius 1 is 1.04 bits per heavy atom. The van der Waals surface area contributed by atoms with Gasteiger partial charge in [-0.2, -0.15) is 5.10 Å². The first kappa shape index (κ1) is 15.6. The van der Waals surface area contributed by atoms with Gasteiger partial charge in [0.25, 0.3) is 0 Å². The van der Waals surface area contributed by atoms with E-state index in [1.165, 1.54) is 0 Å². The number of hydrogen-bond donors (Lipinski definition) is 1. The molecule has 128 valence electrons. The Hall–Kier alpha value is -2.89. The van der Waals surface area contributed by atoms with E-state index >= 15 is 0 Å². The van der Waals surface area contributed by atoms with E-state index < -0.39 is 5.97 Å². The van der Waals surface area contributed by atoms with Crippen molar-refractivity contribution in [1.82, 2.24) is 19.3 Å². The molecule has 0 bridgehead atoms. The van der Waals surface area contributed by atoms with Crippen molar-refractivity contribution in [2.45, 2.75) is 31.7 Å². The first-order valence-electron chi connectivity index (χ1n) is 8.59. The summed E-state index contributed by atoms with van der Waals surface area (Å²) in [5.41, 5.74) is 1.93. The summed E-state index contributed by atoms with van der Waals surface area (Å²) < 4.78 is 4.07. The molecule has 0 atom stereocenters. The maximum atomic E-state index is 11.2. The minimum atomic E-state index is -0.675. The Morgan fingerprint density at radius 3 is 2.52 bits per heavy atom. The number of benzene rings is 1. The van der Waals surface area contributed by atoms with Gasteiger partial charge in [0.05, 0.1) is 17.8 Å². The number of carbonyl (C=O) groups is 1. The topological polar surface area (TPSA) is 72.9 Å². The van der Waals surface area contributed by atoms with Crippen molar-refractivity contribution in [3.63, 3.8) is 0 Å². The highest BCUT2D eigenvalue weighted by Crippen LogP contribution is 2.35. The number of aromatic nitrogens is 4. The standard InChI is InChI=1S/C19H20N4O2/c24-19(25)14-6-8-15(9-7-14)22-13-12-20-18(22)17-10-11-21-23(17)16-4-2-1-3-5-16/h1-5,10-15H,6-9H2,(H,24,25). The molecule has 0 spiro atoms. The number of imidazole rings is 1. The van der Waals surface area contributed by atoms with Gasteiger partial charge in [0.1, 0.15) is 5.69 Å². The molecule has 4 rings (SSSR count). The molecule has 0 radical (unpaired) electrons. The van der Waals surface area contributed by atoms with E-state index in [0.717, 1.165) is 42.9 Å². The highest BCUT2D eigenvalue weighted by Gasteiger charge is 2.28. The molecule has 1 saturated carbocycles. The third-order valence-electron chi connectivity index (χ3n) is 4.98. The largest absolute Gasteiger partial charge is 0.481 e. The average Bonchev–Trinajstić information content (AvgIpc) is 3.31. The molecule has 3 aromatic rings. The third kappa shape index (κ3) is 2.95. The van der Waals surface area contributed by atoms with Crippen LogP contribution in [0.2, 0.25) is 0 Å². The Kier molecular flexibility index (Phi) is 4.09. The van der Waals surface area contributed by atoms with Gasteiger partial charge in [0.2, 0.25) is 0 Å². The summed E-state index contributed by atoms with van der Waals surface area (Å²) in [7, 11) is 0. The molecule has 0 amide bonds. The van der Waals surface area contributed by atoms with E-state index in [1.807, 2.05) is 47.3 Å². The van der Waals surface area contributed by atoms with Crippen LogP contribution >= 0.6 is 0 Å². The maximum Gasteiger partial charge on any atom is 0.306 e. The second-order valence-electron chi connectivity index (χ2n) is 6.47. The normalized spacial score (nSPS) is 20.5. The van der Waals surface area contributed by atoms with Gasteiger partial charge in [-0.1, -0.05) is 18.2 Å². The van der Waals surface area contributed by atoms with Crippen LogP contribution in [-0.2, 0) is 4.79 Å². The predicted octanol–water partition coefficient (Wildman–Crippen LogP) is 3.55. The van der Waals surface area contributed by atoms with E-state index in [9.17, 15) is 9.90 Å². The lowest BCUT2D eigenvalue weighted by Crippen LogP contribution is -2.23. The van der Waals surface area contributed by atoms with Gasteiger partial charge >= 0.3 is 5.97 Å². The van der Waals surface area contributed by atoms with Gasteiger partial charge in [0, 0.05) is 18.4 Å². The van der Waals surface area contributed by atoms with Gasteiger partial charge < -0.3 is 9.67 Å². The highest BCUT2D eigenvalue weighted by molar-refractivity contribution is 5.70. The fourth-order valence-electron chi connectivity index (χ4n) is 3.65. The molecular weight excluding hydrogens is 316 g/mol. The first-order valence-corrected chi connectivity index (χ1v) is 8.59. The number of nitrogens with zero attached hydrogens (tertiary/aromatic N) is 4. The van der Waals surface area contributed by atoms with Gasteiger partial charge in [-0.05, 0) is 43.9 Å².